The maximum atomic E-state index is 11.8. The van der Waals surface area contributed by atoms with E-state index in [4.69, 9.17) is 0 Å². The summed E-state index contributed by atoms with van der Waals surface area (Å²) >= 11 is 0. The van der Waals surface area contributed by atoms with E-state index in [0.717, 1.165) is 18.5 Å². The zero-order valence-electron chi connectivity index (χ0n) is 11.8. The standard InChI is InChI=1S/C16H21N3O/c1-13(7-8-14-5-3-2-4-6-14)11-16(20)17-12-15-9-10-18-19-15/h2-6,9-10,13H,7-8,11-12H2,1H3,(H,17,20)(H,18,19). The summed E-state index contributed by atoms with van der Waals surface area (Å²) < 4.78 is 0. The minimum Gasteiger partial charge on any atom is -0.350 e. The molecule has 0 bridgehead atoms. The number of aromatic nitrogens is 2. The first-order chi connectivity index (χ1) is 9.74. The number of hydrogen-bond acceptors (Lipinski definition) is 2. The van der Waals surface area contributed by atoms with Crippen LogP contribution in [-0.4, -0.2) is 16.1 Å². The Morgan fingerprint density at radius 3 is 2.80 bits per heavy atom. The number of carbonyl (C=O) groups is 1. The summed E-state index contributed by atoms with van der Waals surface area (Å²) in [6.07, 6.45) is 4.31. The van der Waals surface area contributed by atoms with Gasteiger partial charge in [-0.1, -0.05) is 37.3 Å². The van der Waals surface area contributed by atoms with Gasteiger partial charge in [0.1, 0.15) is 0 Å². The van der Waals surface area contributed by atoms with Crippen LogP contribution in [0.1, 0.15) is 31.0 Å². The van der Waals surface area contributed by atoms with Gasteiger partial charge in [-0.3, -0.25) is 9.89 Å². The molecule has 0 saturated carbocycles. The van der Waals surface area contributed by atoms with E-state index in [1.54, 1.807) is 6.20 Å². The van der Waals surface area contributed by atoms with E-state index in [9.17, 15) is 4.79 Å². The van der Waals surface area contributed by atoms with Crippen LogP contribution in [0.25, 0.3) is 0 Å². The molecule has 0 saturated heterocycles. The Hall–Kier alpha value is -2.10. The fourth-order valence-electron chi connectivity index (χ4n) is 2.13. The number of rotatable bonds is 7. The Labute approximate surface area is 119 Å². The average molecular weight is 271 g/mol. The highest BCUT2D eigenvalue weighted by atomic mass is 16.1. The SMILES string of the molecule is CC(CCc1ccccc1)CC(=O)NCc1ccn[nH]1. The molecule has 0 aliphatic rings. The summed E-state index contributed by atoms with van der Waals surface area (Å²) in [6, 6.07) is 12.2. The van der Waals surface area contributed by atoms with Crippen LogP contribution >= 0.6 is 0 Å². The van der Waals surface area contributed by atoms with Gasteiger partial charge in [0.05, 0.1) is 12.2 Å². The topological polar surface area (TPSA) is 57.8 Å². The molecular weight excluding hydrogens is 250 g/mol. The molecule has 20 heavy (non-hydrogen) atoms. The molecule has 1 aromatic carbocycles. The van der Waals surface area contributed by atoms with Crippen LogP contribution in [0.2, 0.25) is 0 Å². The Morgan fingerprint density at radius 2 is 2.10 bits per heavy atom. The van der Waals surface area contributed by atoms with Crippen LogP contribution < -0.4 is 5.32 Å². The number of nitrogens with one attached hydrogen (secondary N) is 2. The number of nitrogens with zero attached hydrogens (tertiary/aromatic N) is 1. The number of H-pyrrole nitrogens is 1. The fraction of sp³-hybridized carbons (Fsp3) is 0.375. The van der Waals surface area contributed by atoms with Gasteiger partial charge in [-0.15, -0.1) is 0 Å². The predicted molar refractivity (Wildman–Crippen MR) is 79.0 cm³/mol. The van der Waals surface area contributed by atoms with Gasteiger partial charge in [0.25, 0.3) is 0 Å². The van der Waals surface area contributed by atoms with Crippen molar-refractivity contribution in [3.8, 4) is 0 Å². The second-order valence-corrected chi connectivity index (χ2v) is 5.19. The summed E-state index contributed by atoms with van der Waals surface area (Å²) in [7, 11) is 0. The number of aryl methyl sites for hydroxylation is 1. The molecule has 0 aliphatic heterocycles. The smallest absolute Gasteiger partial charge is 0.220 e. The predicted octanol–water partition coefficient (Wildman–Crippen LogP) is 2.68. The number of aromatic amines is 1. The molecule has 2 N–H and O–H groups in total. The molecule has 1 heterocycles. The van der Waals surface area contributed by atoms with Gasteiger partial charge in [-0.05, 0) is 30.4 Å². The summed E-state index contributed by atoms with van der Waals surface area (Å²) in [6.45, 7) is 2.64. The van der Waals surface area contributed by atoms with Gasteiger partial charge in [0.15, 0.2) is 0 Å². The van der Waals surface area contributed by atoms with Crippen molar-refractivity contribution in [3.05, 3.63) is 53.9 Å². The number of benzene rings is 1. The molecule has 1 amide bonds. The molecule has 1 unspecified atom stereocenters. The van der Waals surface area contributed by atoms with Crippen molar-refractivity contribution < 1.29 is 4.79 Å². The molecule has 2 rings (SSSR count). The molecular formula is C16H21N3O. The van der Waals surface area contributed by atoms with Crippen molar-refractivity contribution in [1.82, 2.24) is 15.5 Å². The van der Waals surface area contributed by atoms with Gasteiger partial charge in [-0.2, -0.15) is 5.10 Å². The first-order valence-electron chi connectivity index (χ1n) is 7.03. The van der Waals surface area contributed by atoms with Crippen LogP contribution in [0.5, 0.6) is 0 Å². The summed E-state index contributed by atoms with van der Waals surface area (Å²) in [5.74, 6) is 0.483. The van der Waals surface area contributed by atoms with Crippen molar-refractivity contribution in [1.29, 1.82) is 0 Å². The van der Waals surface area contributed by atoms with Crippen molar-refractivity contribution in [3.63, 3.8) is 0 Å². The summed E-state index contributed by atoms with van der Waals surface area (Å²) in [5, 5.41) is 9.58. The lowest BCUT2D eigenvalue weighted by atomic mass is 9.98. The quantitative estimate of drug-likeness (QED) is 0.813. The molecule has 4 nitrogen and oxygen atoms in total. The monoisotopic (exact) mass is 271 g/mol. The lowest BCUT2D eigenvalue weighted by molar-refractivity contribution is -0.122. The van der Waals surface area contributed by atoms with E-state index in [0.29, 0.717) is 18.9 Å². The van der Waals surface area contributed by atoms with Crippen molar-refractivity contribution in [2.75, 3.05) is 0 Å². The van der Waals surface area contributed by atoms with Gasteiger partial charge in [-0.25, -0.2) is 0 Å². The van der Waals surface area contributed by atoms with Crippen LogP contribution in [0, 0.1) is 5.92 Å². The highest BCUT2D eigenvalue weighted by molar-refractivity contribution is 5.76. The van der Waals surface area contributed by atoms with E-state index in [2.05, 4.69) is 46.7 Å². The maximum Gasteiger partial charge on any atom is 0.220 e. The third-order valence-corrected chi connectivity index (χ3v) is 3.34. The maximum absolute atomic E-state index is 11.8. The zero-order valence-corrected chi connectivity index (χ0v) is 11.8. The lowest BCUT2D eigenvalue weighted by Gasteiger charge is -2.11. The molecule has 0 radical (unpaired) electrons. The molecule has 106 valence electrons. The molecule has 0 spiro atoms. The average Bonchev–Trinajstić information content (AvgIpc) is 2.97. The molecule has 2 aromatic rings. The van der Waals surface area contributed by atoms with Crippen LogP contribution in [0.15, 0.2) is 42.6 Å². The van der Waals surface area contributed by atoms with Gasteiger partial charge in [0.2, 0.25) is 5.91 Å². The van der Waals surface area contributed by atoms with E-state index < -0.39 is 0 Å². The van der Waals surface area contributed by atoms with E-state index in [-0.39, 0.29) is 5.91 Å². The van der Waals surface area contributed by atoms with Gasteiger partial charge < -0.3 is 5.32 Å². The van der Waals surface area contributed by atoms with Crippen LogP contribution in [0.4, 0.5) is 0 Å². The van der Waals surface area contributed by atoms with Crippen molar-refractivity contribution >= 4 is 5.91 Å². The second kappa shape index (κ2) is 7.48. The highest BCUT2D eigenvalue weighted by Gasteiger charge is 2.09. The molecule has 1 atom stereocenters. The molecule has 0 fully saturated rings. The Kier molecular flexibility index (Phi) is 5.35. The van der Waals surface area contributed by atoms with E-state index in [1.165, 1.54) is 5.56 Å². The van der Waals surface area contributed by atoms with Crippen LogP contribution in [-0.2, 0) is 17.8 Å². The highest BCUT2D eigenvalue weighted by Crippen LogP contribution is 2.12. The largest absolute Gasteiger partial charge is 0.350 e. The van der Waals surface area contributed by atoms with Gasteiger partial charge >= 0.3 is 0 Å². The third kappa shape index (κ3) is 4.88. The van der Waals surface area contributed by atoms with Gasteiger partial charge in [0, 0.05) is 12.6 Å². The number of hydrogen-bond donors (Lipinski definition) is 2. The minimum absolute atomic E-state index is 0.0974. The minimum atomic E-state index is 0.0974. The van der Waals surface area contributed by atoms with E-state index in [1.807, 2.05) is 12.1 Å². The normalized spacial score (nSPS) is 12.1. The molecule has 4 heteroatoms. The molecule has 1 aromatic heterocycles. The Bertz CT molecular complexity index is 508. The van der Waals surface area contributed by atoms with Crippen molar-refractivity contribution in [2.24, 2.45) is 5.92 Å². The first-order valence-corrected chi connectivity index (χ1v) is 7.03. The summed E-state index contributed by atoms with van der Waals surface area (Å²) in [5.41, 5.74) is 2.26. The van der Waals surface area contributed by atoms with E-state index >= 15 is 0 Å². The lowest BCUT2D eigenvalue weighted by Crippen LogP contribution is -2.24. The second-order valence-electron chi connectivity index (χ2n) is 5.19. The fourth-order valence-corrected chi connectivity index (χ4v) is 2.13. The number of amides is 1. The Balaban J connectivity index is 1.66. The molecule has 0 aliphatic carbocycles. The zero-order chi connectivity index (χ0) is 14.2. The Morgan fingerprint density at radius 1 is 1.30 bits per heavy atom. The van der Waals surface area contributed by atoms with Crippen molar-refractivity contribution in [2.45, 2.75) is 32.7 Å². The third-order valence-electron chi connectivity index (χ3n) is 3.34. The summed E-state index contributed by atoms with van der Waals surface area (Å²) in [4.78, 5) is 11.8. The van der Waals surface area contributed by atoms with Crippen LogP contribution in [0.3, 0.4) is 0 Å². The number of carbonyl (C=O) groups excluding carboxylic acids is 1. The first kappa shape index (κ1) is 14.3.